The molecule has 0 bridgehead atoms. The molecule has 2 unspecified atom stereocenters. The fraction of sp³-hybridized carbons (Fsp3) is 0.500. The summed E-state index contributed by atoms with van der Waals surface area (Å²) in [6.07, 6.45) is 1.66. The molecule has 1 aliphatic heterocycles. The highest BCUT2D eigenvalue weighted by Crippen LogP contribution is 2.41. The molecule has 3 rings (SSSR count). The van der Waals surface area contributed by atoms with Crippen molar-refractivity contribution in [1.29, 1.82) is 0 Å². The topological polar surface area (TPSA) is 54.0 Å². The van der Waals surface area contributed by atoms with E-state index in [0.29, 0.717) is 23.6 Å². The van der Waals surface area contributed by atoms with E-state index in [1.807, 2.05) is 19.1 Å². The van der Waals surface area contributed by atoms with Gasteiger partial charge >= 0.3 is 0 Å². The van der Waals surface area contributed by atoms with Crippen LogP contribution in [0.2, 0.25) is 0 Å². The summed E-state index contributed by atoms with van der Waals surface area (Å²) in [7, 11) is 0. The molecule has 6 heteroatoms. The van der Waals surface area contributed by atoms with Gasteiger partial charge in [0.05, 0.1) is 0 Å². The van der Waals surface area contributed by atoms with Gasteiger partial charge < -0.3 is 10.6 Å². The summed E-state index contributed by atoms with van der Waals surface area (Å²) >= 11 is 0. The van der Waals surface area contributed by atoms with E-state index in [4.69, 9.17) is 0 Å². The van der Waals surface area contributed by atoms with Crippen molar-refractivity contribution in [3.8, 4) is 0 Å². The predicted molar refractivity (Wildman–Crippen MR) is 74.6 cm³/mol. The lowest BCUT2D eigenvalue weighted by Crippen LogP contribution is -2.33. The van der Waals surface area contributed by atoms with Crippen molar-refractivity contribution in [3.63, 3.8) is 0 Å². The lowest BCUT2D eigenvalue weighted by atomic mass is 10.2. The van der Waals surface area contributed by atoms with Crippen LogP contribution in [0.3, 0.4) is 0 Å². The summed E-state index contributed by atoms with van der Waals surface area (Å²) in [4.78, 5) is 16.1. The number of carbonyl (C=O) groups excluding carboxylic acids is 1. The minimum absolute atomic E-state index is 0. The number of nitrogens with one attached hydrogen (secondary N) is 2. The van der Waals surface area contributed by atoms with Crippen LogP contribution in [0.1, 0.15) is 16.1 Å². The Kier molecular flexibility index (Phi) is 4.96. The number of hydrogen-bond donors (Lipinski definition) is 2. The van der Waals surface area contributed by atoms with Crippen LogP contribution in [-0.4, -0.2) is 30.0 Å². The van der Waals surface area contributed by atoms with Crippen molar-refractivity contribution >= 4 is 30.7 Å². The van der Waals surface area contributed by atoms with Gasteiger partial charge in [-0.3, -0.25) is 9.78 Å². The molecule has 1 aromatic heterocycles. The van der Waals surface area contributed by atoms with Gasteiger partial charge in [-0.1, -0.05) is 6.07 Å². The Morgan fingerprint density at radius 1 is 1.39 bits per heavy atom. The highest BCUT2D eigenvalue weighted by molar-refractivity contribution is 5.94. The third-order valence-electron chi connectivity index (χ3n) is 3.61. The number of halogens is 2. The summed E-state index contributed by atoms with van der Waals surface area (Å²) in [6.45, 7) is 3.99. The molecule has 1 aliphatic carbocycles. The Labute approximate surface area is 119 Å². The average molecular weight is 290 g/mol. The molecule has 2 atom stereocenters. The molecular weight excluding hydrogens is 273 g/mol. The first-order valence-corrected chi connectivity index (χ1v) is 5.70. The maximum absolute atomic E-state index is 12.0. The maximum Gasteiger partial charge on any atom is 0.270 e. The van der Waals surface area contributed by atoms with Crippen molar-refractivity contribution in [3.05, 3.63) is 29.6 Å². The van der Waals surface area contributed by atoms with Gasteiger partial charge in [0.1, 0.15) is 5.69 Å². The Morgan fingerprint density at radius 3 is 2.67 bits per heavy atom. The van der Waals surface area contributed by atoms with E-state index in [-0.39, 0.29) is 30.7 Å². The zero-order valence-corrected chi connectivity index (χ0v) is 11.7. The number of rotatable bonds is 2. The van der Waals surface area contributed by atoms with E-state index in [2.05, 4.69) is 15.6 Å². The van der Waals surface area contributed by atoms with E-state index in [0.717, 1.165) is 18.7 Å². The van der Waals surface area contributed by atoms with Crippen LogP contribution in [-0.2, 0) is 0 Å². The molecule has 0 radical (unpaired) electrons. The van der Waals surface area contributed by atoms with Gasteiger partial charge in [-0.25, -0.2) is 0 Å². The van der Waals surface area contributed by atoms with Gasteiger partial charge in [0.2, 0.25) is 0 Å². The average Bonchev–Trinajstić information content (AvgIpc) is 2.75. The van der Waals surface area contributed by atoms with E-state index in [9.17, 15) is 4.79 Å². The van der Waals surface area contributed by atoms with Crippen LogP contribution in [0.4, 0.5) is 0 Å². The van der Waals surface area contributed by atoms with Crippen LogP contribution >= 0.6 is 24.8 Å². The second kappa shape index (κ2) is 5.87. The summed E-state index contributed by atoms with van der Waals surface area (Å²) in [5, 5.41) is 6.38. The first-order chi connectivity index (χ1) is 7.77. The van der Waals surface area contributed by atoms with Gasteiger partial charge in [0.25, 0.3) is 5.91 Å². The van der Waals surface area contributed by atoms with E-state index >= 15 is 0 Å². The van der Waals surface area contributed by atoms with E-state index in [1.165, 1.54) is 0 Å². The van der Waals surface area contributed by atoms with Crippen LogP contribution in [0.5, 0.6) is 0 Å². The van der Waals surface area contributed by atoms with Crippen molar-refractivity contribution in [2.45, 2.75) is 13.0 Å². The van der Waals surface area contributed by atoms with Gasteiger partial charge in [0, 0.05) is 25.3 Å². The molecule has 1 saturated carbocycles. The largest absolute Gasteiger partial charge is 0.347 e. The highest BCUT2D eigenvalue weighted by Gasteiger charge is 2.53. The maximum atomic E-state index is 12.0. The first-order valence-electron chi connectivity index (χ1n) is 5.70. The third-order valence-corrected chi connectivity index (χ3v) is 3.61. The molecule has 2 heterocycles. The van der Waals surface area contributed by atoms with Crippen molar-refractivity contribution in [2.75, 3.05) is 13.1 Å². The van der Waals surface area contributed by atoms with Crippen LogP contribution in [0, 0.1) is 18.8 Å². The van der Waals surface area contributed by atoms with Crippen LogP contribution < -0.4 is 10.6 Å². The number of fused-ring (bicyclic) bond motifs is 1. The van der Waals surface area contributed by atoms with Gasteiger partial charge in [-0.05, 0) is 30.4 Å². The van der Waals surface area contributed by atoms with Crippen molar-refractivity contribution in [1.82, 2.24) is 15.6 Å². The Bertz CT molecular complexity index is 431. The molecular formula is C12H17Cl2N3O. The molecule has 100 valence electrons. The molecule has 2 fully saturated rings. The van der Waals surface area contributed by atoms with Crippen molar-refractivity contribution in [2.24, 2.45) is 11.8 Å². The fourth-order valence-corrected chi connectivity index (χ4v) is 2.58. The zero-order chi connectivity index (χ0) is 11.1. The highest BCUT2D eigenvalue weighted by atomic mass is 35.5. The second-order valence-electron chi connectivity index (χ2n) is 4.65. The molecule has 1 aromatic rings. The van der Waals surface area contributed by atoms with Crippen molar-refractivity contribution < 1.29 is 4.79 Å². The fourth-order valence-electron chi connectivity index (χ4n) is 2.58. The van der Waals surface area contributed by atoms with Gasteiger partial charge in [-0.15, -0.1) is 24.8 Å². The lowest BCUT2D eigenvalue weighted by Gasteiger charge is -2.08. The van der Waals surface area contributed by atoms with Crippen LogP contribution in [0.15, 0.2) is 18.3 Å². The number of carbonyl (C=O) groups is 1. The monoisotopic (exact) mass is 289 g/mol. The molecule has 4 nitrogen and oxygen atoms in total. The third kappa shape index (κ3) is 2.60. The second-order valence-corrected chi connectivity index (χ2v) is 4.65. The number of nitrogens with zero attached hydrogens (tertiary/aromatic N) is 1. The zero-order valence-electron chi connectivity index (χ0n) is 10.1. The minimum Gasteiger partial charge on any atom is -0.347 e. The van der Waals surface area contributed by atoms with Gasteiger partial charge in [-0.2, -0.15) is 0 Å². The molecule has 0 aromatic carbocycles. The Hall–Kier alpha value is -0.840. The first kappa shape index (κ1) is 15.2. The lowest BCUT2D eigenvalue weighted by molar-refractivity contribution is 0.0941. The Morgan fingerprint density at radius 2 is 2.06 bits per heavy atom. The number of hydrogen-bond acceptors (Lipinski definition) is 3. The molecule has 2 aliphatic rings. The van der Waals surface area contributed by atoms with E-state index in [1.54, 1.807) is 6.20 Å². The smallest absolute Gasteiger partial charge is 0.270 e. The predicted octanol–water partition coefficient (Wildman–Crippen LogP) is 1.18. The quantitative estimate of drug-likeness (QED) is 0.860. The minimum atomic E-state index is -0.0301. The number of aryl methyl sites for hydroxylation is 1. The standard InChI is InChI=1S/C12H15N3O.2ClH/c1-7-3-2-4-14-10(7)12(16)15-11-8-5-13-6-9(8)11;;/h2-4,8-9,11,13H,5-6H2,1H3,(H,15,16);2*1H. The number of pyridine rings is 1. The van der Waals surface area contributed by atoms with E-state index < -0.39 is 0 Å². The number of amides is 1. The number of aromatic nitrogens is 1. The Balaban J connectivity index is 0.000000810. The molecule has 1 amide bonds. The normalized spacial score (nSPS) is 27.5. The summed E-state index contributed by atoms with van der Waals surface area (Å²) in [6, 6.07) is 4.13. The van der Waals surface area contributed by atoms with Gasteiger partial charge in [0.15, 0.2) is 0 Å². The molecule has 2 N–H and O–H groups in total. The SMILES string of the molecule is Cc1cccnc1C(=O)NC1C2CNCC21.Cl.Cl. The van der Waals surface area contributed by atoms with Crippen LogP contribution in [0.25, 0.3) is 0 Å². The molecule has 18 heavy (non-hydrogen) atoms. The summed E-state index contributed by atoms with van der Waals surface area (Å²) < 4.78 is 0. The summed E-state index contributed by atoms with van der Waals surface area (Å²) in [5.41, 5.74) is 1.49. The molecule has 1 saturated heterocycles. The molecule has 0 spiro atoms. The summed E-state index contributed by atoms with van der Waals surface area (Å²) in [5.74, 6) is 1.26. The number of piperidine rings is 1.